The second-order valence-electron chi connectivity index (χ2n) is 7.47. The van der Waals surface area contributed by atoms with E-state index in [4.69, 9.17) is 4.74 Å². The fourth-order valence-corrected chi connectivity index (χ4v) is 3.83. The summed E-state index contributed by atoms with van der Waals surface area (Å²) in [7, 11) is 0. The number of rotatable bonds is 4. The Morgan fingerprint density at radius 1 is 1.16 bits per heavy atom. The zero-order chi connectivity index (χ0) is 17.6. The van der Waals surface area contributed by atoms with Crippen molar-refractivity contribution in [1.29, 1.82) is 0 Å². The lowest BCUT2D eigenvalue weighted by Crippen LogP contribution is -2.47. The number of carbonyl (C=O) groups is 1. The van der Waals surface area contributed by atoms with E-state index in [1.54, 1.807) is 0 Å². The normalized spacial score (nSPS) is 27.0. The molecule has 0 spiro atoms. The molecule has 0 bridgehead atoms. The molecule has 1 heterocycles. The first-order valence-electron chi connectivity index (χ1n) is 9.59. The number of morpholine rings is 1. The first kappa shape index (κ1) is 18.1. The van der Waals surface area contributed by atoms with E-state index in [1.165, 1.54) is 18.5 Å². The maximum Gasteiger partial charge on any atom is 0.315 e. The minimum absolute atomic E-state index is 0.0526. The highest BCUT2D eigenvalue weighted by Crippen LogP contribution is 2.29. The summed E-state index contributed by atoms with van der Waals surface area (Å²) in [6.45, 7) is 8.57. The molecule has 2 N–H and O–H groups in total. The monoisotopic (exact) mass is 345 g/mol. The molecule has 138 valence electrons. The summed E-state index contributed by atoms with van der Waals surface area (Å²) in [6.07, 6.45) is 3.57. The Balaban J connectivity index is 1.45. The van der Waals surface area contributed by atoms with Crippen LogP contribution in [0.25, 0.3) is 0 Å². The molecule has 1 aromatic rings. The summed E-state index contributed by atoms with van der Waals surface area (Å²) < 4.78 is 5.39. The lowest BCUT2D eigenvalue weighted by atomic mass is 9.78. The van der Waals surface area contributed by atoms with Gasteiger partial charge in [0.05, 0.1) is 13.2 Å². The Labute approximate surface area is 151 Å². The van der Waals surface area contributed by atoms with Crippen molar-refractivity contribution in [3.05, 3.63) is 29.8 Å². The van der Waals surface area contributed by atoms with Gasteiger partial charge in [-0.05, 0) is 36.0 Å². The number of anilines is 1. The molecule has 3 atom stereocenters. The molecule has 0 aromatic heterocycles. The van der Waals surface area contributed by atoms with E-state index in [2.05, 4.69) is 53.6 Å². The smallest absolute Gasteiger partial charge is 0.315 e. The average Bonchev–Trinajstić information content (AvgIpc) is 2.65. The number of benzene rings is 1. The molecule has 5 heteroatoms. The Morgan fingerprint density at radius 2 is 1.88 bits per heavy atom. The number of amides is 2. The lowest BCUT2D eigenvalue weighted by molar-refractivity contribution is 0.122. The molecule has 1 aliphatic carbocycles. The molecule has 25 heavy (non-hydrogen) atoms. The van der Waals surface area contributed by atoms with E-state index in [9.17, 15) is 4.79 Å². The first-order valence-corrected chi connectivity index (χ1v) is 9.59. The van der Waals surface area contributed by atoms with Crippen molar-refractivity contribution in [3.63, 3.8) is 0 Å². The van der Waals surface area contributed by atoms with E-state index in [-0.39, 0.29) is 6.03 Å². The van der Waals surface area contributed by atoms with Gasteiger partial charge in [0.1, 0.15) is 0 Å². The van der Waals surface area contributed by atoms with Crippen LogP contribution in [0.5, 0.6) is 0 Å². The Hall–Kier alpha value is -1.75. The van der Waals surface area contributed by atoms with E-state index in [0.717, 1.165) is 38.3 Å². The third-order valence-electron chi connectivity index (χ3n) is 5.79. The second kappa shape index (κ2) is 8.56. The molecule has 1 saturated carbocycles. The Kier molecular flexibility index (Phi) is 6.19. The summed E-state index contributed by atoms with van der Waals surface area (Å²) in [5, 5.41) is 6.16. The average molecular weight is 345 g/mol. The predicted molar refractivity (Wildman–Crippen MR) is 101 cm³/mol. The maximum absolute atomic E-state index is 12.2. The number of nitrogens with one attached hydrogen (secondary N) is 2. The van der Waals surface area contributed by atoms with Crippen LogP contribution in [-0.4, -0.2) is 38.4 Å². The number of hydrogen-bond donors (Lipinski definition) is 2. The molecular weight excluding hydrogens is 314 g/mol. The van der Waals surface area contributed by atoms with Gasteiger partial charge in [-0.15, -0.1) is 0 Å². The largest absolute Gasteiger partial charge is 0.378 e. The SMILES string of the molecule is CC1CCCC(NC(=O)NCc2ccc(N3CCOCC3)cc2)C1C. The topological polar surface area (TPSA) is 53.6 Å². The number of ether oxygens (including phenoxy) is 1. The first-order chi connectivity index (χ1) is 12.1. The molecule has 1 aromatic carbocycles. The van der Waals surface area contributed by atoms with Crippen molar-refractivity contribution in [2.24, 2.45) is 11.8 Å². The maximum atomic E-state index is 12.2. The molecule has 5 nitrogen and oxygen atoms in total. The minimum Gasteiger partial charge on any atom is -0.378 e. The van der Waals surface area contributed by atoms with Gasteiger partial charge in [0, 0.05) is 31.4 Å². The summed E-state index contributed by atoms with van der Waals surface area (Å²) in [4.78, 5) is 14.5. The predicted octanol–water partition coefficient (Wildman–Crippen LogP) is 3.15. The van der Waals surface area contributed by atoms with E-state index >= 15 is 0 Å². The van der Waals surface area contributed by atoms with Crippen LogP contribution in [0, 0.1) is 11.8 Å². The molecule has 1 aliphatic heterocycles. The number of carbonyl (C=O) groups excluding carboxylic acids is 1. The van der Waals surface area contributed by atoms with Crippen molar-refractivity contribution in [2.45, 2.75) is 45.7 Å². The highest BCUT2D eigenvalue weighted by atomic mass is 16.5. The van der Waals surface area contributed by atoms with Gasteiger partial charge in [0.15, 0.2) is 0 Å². The van der Waals surface area contributed by atoms with Crippen molar-refractivity contribution in [1.82, 2.24) is 10.6 Å². The van der Waals surface area contributed by atoms with Crippen LogP contribution in [0.4, 0.5) is 10.5 Å². The van der Waals surface area contributed by atoms with Gasteiger partial charge in [-0.1, -0.05) is 38.8 Å². The van der Waals surface area contributed by atoms with Gasteiger partial charge in [-0.3, -0.25) is 0 Å². The van der Waals surface area contributed by atoms with Gasteiger partial charge in [-0.25, -0.2) is 4.79 Å². The van der Waals surface area contributed by atoms with Crippen LogP contribution in [0.15, 0.2) is 24.3 Å². The van der Waals surface area contributed by atoms with Crippen LogP contribution in [0.1, 0.15) is 38.7 Å². The number of nitrogens with zero attached hydrogens (tertiary/aromatic N) is 1. The molecule has 3 rings (SSSR count). The van der Waals surface area contributed by atoms with Crippen LogP contribution in [0.2, 0.25) is 0 Å². The molecule has 3 unspecified atom stereocenters. The van der Waals surface area contributed by atoms with E-state index in [1.807, 2.05) is 0 Å². The van der Waals surface area contributed by atoms with Gasteiger partial charge < -0.3 is 20.3 Å². The summed E-state index contributed by atoms with van der Waals surface area (Å²) >= 11 is 0. The van der Waals surface area contributed by atoms with Crippen LogP contribution >= 0.6 is 0 Å². The third-order valence-corrected chi connectivity index (χ3v) is 5.79. The summed E-state index contributed by atoms with van der Waals surface area (Å²) in [6, 6.07) is 8.69. The fourth-order valence-electron chi connectivity index (χ4n) is 3.83. The van der Waals surface area contributed by atoms with Crippen molar-refractivity contribution in [2.75, 3.05) is 31.2 Å². The number of hydrogen-bond acceptors (Lipinski definition) is 3. The molecule has 2 amide bonds. The summed E-state index contributed by atoms with van der Waals surface area (Å²) in [5.74, 6) is 1.24. The number of urea groups is 1. The van der Waals surface area contributed by atoms with E-state index < -0.39 is 0 Å². The molecule has 2 aliphatic rings. The standard InChI is InChI=1S/C20H31N3O2/c1-15-4-3-5-19(16(15)2)22-20(24)21-14-17-6-8-18(9-7-17)23-10-12-25-13-11-23/h6-9,15-16,19H,3-5,10-14H2,1-2H3,(H2,21,22,24). The third kappa shape index (κ3) is 4.88. The van der Waals surface area contributed by atoms with Gasteiger partial charge in [0.2, 0.25) is 0 Å². The molecule has 1 saturated heterocycles. The zero-order valence-electron chi connectivity index (χ0n) is 15.5. The van der Waals surface area contributed by atoms with Gasteiger partial charge in [-0.2, -0.15) is 0 Å². The molecule has 0 radical (unpaired) electrons. The van der Waals surface area contributed by atoms with Crippen LogP contribution < -0.4 is 15.5 Å². The quantitative estimate of drug-likeness (QED) is 0.881. The van der Waals surface area contributed by atoms with Gasteiger partial charge in [0.25, 0.3) is 0 Å². The molecule has 2 fully saturated rings. The highest BCUT2D eigenvalue weighted by Gasteiger charge is 2.27. The van der Waals surface area contributed by atoms with Crippen molar-refractivity contribution < 1.29 is 9.53 Å². The van der Waals surface area contributed by atoms with Crippen molar-refractivity contribution >= 4 is 11.7 Å². The van der Waals surface area contributed by atoms with Crippen LogP contribution in [-0.2, 0) is 11.3 Å². The fraction of sp³-hybridized carbons (Fsp3) is 0.650. The zero-order valence-corrected chi connectivity index (χ0v) is 15.5. The minimum atomic E-state index is -0.0526. The lowest BCUT2D eigenvalue weighted by Gasteiger charge is -2.34. The van der Waals surface area contributed by atoms with E-state index in [0.29, 0.717) is 24.4 Å². The Bertz CT molecular complexity index is 555. The summed E-state index contributed by atoms with van der Waals surface area (Å²) in [5.41, 5.74) is 2.35. The Morgan fingerprint density at radius 3 is 2.60 bits per heavy atom. The second-order valence-corrected chi connectivity index (χ2v) is 7.47. The van der Waals surface area contributed by atoms with Crippen molar-refractivity contribution in [3.8, 4) is 0 Å². The molecular formula is C20H31N3O2. The van der Waals surface area contributed by atoms with Crippen LogP contribution in [0.3, 0.4) is 0 Å². The van der Waals surface area contributed by atoms with Gasteiger partial charge >= 0.3 is 6.03 Å². The highest BCUT2D eigenvalue weighted by molar-refractivity contribution is 5.74.